The van der Waals surface area contributed by atoms with Gasteiger partial charge in [0.2, 0.25) is 0 Å². The van der Waals surface area contributed by atoms with E-state index in [1.807, 2.05) is 51.8 Å². The third-order valence-corrected chi connectivity index (χ3v) is 4.81. The second-order valence-electron chi connectivity index (χ2n) is 6.80. The standard InChI is InChI=1S/C24H24N3O2/c1-28-23-14-13-20(15-24(23)29-2)16-26-18-22(21-11-7-4-8-12-21)27(25-26)17-19-9-5-3-6-10-19/h3-15,18H,16-17H2,1-2H3/q+1. The van der Waals surface area contributed by atoms with Gasteiger partial charge in [-0.25, -0.2) is 0 Å². The molecule has 5 nitrogen and oxygen atoms in total. The molecule has 3 aromatic carbocycles. The Kier molecular flexibility index (Phi) is 5.56. The number of benzene rings is 3. The molecule has 0 aliphatic heterocycles. The fourth-order valence-electron chi connectivity index (χ4n) is 3.37. The average Bonchev–Trinajstić information content (AvgIpc) is 3.17. The summed E-state index contributed by atoms with van der Waals surface area (Å²) >= 11 is 0. The van der Waals surface area contributed by atoms with Crippen LogP contribution < -0.4 is 14.2 Å². The van der Waals surface area contributed by atoms with Crippen molar-refractivity contribution in [1.29, 1.82) is 0 Å². The van der Waals surface area contributed by atoms with Gasteiger partial charge in [-0.2, -0.15) is 0 Å². The Balaban J connectivity index is 1.67. The number of ether oxygens (including phenoxy) is 2. The van der Waals surface area contributed by atoms with Gasteiger partial charge in [-0.1, -0.05) is 66.7 Å². The zero-order valence-electron chi connectivity index (χ0n) is 16.7. The maximum absolute atomic E-state index is 5.43. The van der Waals surface area contributed by atoms with E-state index in [1.165, 1.54) is 5.56 Å². The number of rotatable bonds is 7. The zero-order chi connectivity index (χ0) is 20.1. The third-order valence-electron chi connectivity index (χ3n) is 4.81. The Morgan fingerprint density at radius 1 is 0.793 bits per heavy atom. The molecule has 4 aromatic rings. The maximum Gasteiger partial charge on any atom is 0.198 e. The summed E-state index contributed by atoms with van der Waals surface area (Å²) in [6.07, 6.45) is 2.09. The topological polar surface area (TPSA) is 40.2 Å². The van der Waals surface area contributed by atoms with Gasteiger partial charge < -0.3 is 9.47 Å². The van der Waals surface area contributed by atoms with Crippen molar-refractivity contribution in [2.75, 3.05) is 14.2 Å². The summed E-state index contributed by atoms with van der Waals surface area (Å²) < 4.78 is 14.8. The van der Waals surface area contributed by atoms with Crippen molar-refractivity contribution in [3.05, 3.63) is 96.2 Å². The van der Waals surface area contributed by atoms with Gasteiger partial charge in [-0.05, 0) is 23.3 Å². The van der Waals surface area contributed by atoms with Crippen LogP contribution in [0.4, 0.5) is 0 Å². The average molecular weight is 386 g/mol. The van der Waals surface area contributed by atoms with Gasteiger partial charge >= 0.3 is 0 Å². The summed E-state index contributed by atoms with van der Waals surface area (Å²) in [5, 5.41) is 4.84. The minimum absolute atomic E-state index is 0.641. The highest BCUT2D eigenvalue weighted by molar-refractivity contribution is 5.57. The molecule has 0 spiro atoms. The highest BCUT2D eigenvalue weighted by Gasteiger charge is 2.19. The molecule has 0 amide bonds. The molecule has 0 atom stereocenters. The minimum Gasteiger partial charge on any atom is -0.493 e. The largest absolute Gasteiger partial charge is 0.493 e. The molecule has 0 saturated heterocycles. The highest BCUT2D eigenvalue weighted by atomic mass is 16.5. The first kappa shape index (κ1) is 18.7. The van der Waals surface area contributed by atoms with Crippen molar-refractivity contribution in [3.8, 4) is 22.8 Å². The molecule has 0 fully saturated rings. The molecule has 0 N–H and O–H groups in total. The fourth-order valence-corrected chi connectivity index (χ4v) is 3.37. The van der Waals surface area contributed by atoms with E-state index >= 15 is 0 Å². The van der Waals surface area contributed by atoms with E-state index in [0.717, 1.165) is 28.3 Å². The van der Waals surface area contributed by atoms with E-state index in [9.17, 15) is 0 Å². The molecule has 29 heavy (non-hydrogen) atoms. The van der Waals surface area contributed by atoms with Crippen LogP contribution >= 0.6 is 0 Å². The summed E-state index contributed by atoms with van der Waals surface area (Å²) in [6.45, 7) is 1.35. The van der Waals surface area contributed by atoms with Crippen molar-refractivity contribution < 1.29 is 14.2 Å². The van der Waals surface area contributed by atoms with Gasteiger partial charge in [0.15, 0.2) is 23.4 Å². The minimum atomic E-state index is 0.641. The Hall–Kier alpha value is -3.60. The van der Waals surface area contributed by atoms with Gasteiger partial charge in [0.25, 0.3) is 0 Å². The molecule has 1 heterocycles. The third kappa shape index (κ3) is 4.29. The van der Waals surface area contributed by atoms with Crippen LogP contribution in [-0.4, -0.2) is 24.1 Å². The van der Waals surface area contributed by atoms with Crippen LogP contribution in [-0.2, 0) is 13.1 Å². The lowest BCUT2D eigenvalue weighted by atomic mass is 10.1. The number of methoxy groups -OCH3 is 2. The zero-order valence-corrected chi connectivity index (χ0v) is 16.7. The summed E-state index contributed by atoms with van der Waals surface area (Å²) in [5.74, 6) is 1.44. The van der Waals surface area contributed by atoms with Crippen molar-refractivity contribution in [1.82, 2.24) is 9.90 Å². The summed E-state index contributed by atoms with van der Waals surface area (Å²) in [5.41, 5.74) is 4.53. The second kappa shape index (κ2) is 8.61. The van der Waals surface area contributed by atoms with Crippen LogP contribution in [0, 0.1) is 0 Å². The van der Waals surface area contributed by atoms with Crippen LogP contribution in [0.5, 0.6) is 11.5 Å². The van der Waals surface area contributed by atoms with Gasteiger partial charge in [0.1, 0.15) is 13.1 Å². The molecular weight excluding hydrogens is 362 g/mol. The lowest BCUT2D eigenvalue weighted by Gasteiger charge is -2.08. The van der Waals surface area contributed by atoms with E-state index in [1.54, 1.807) is 14.2 Å². The van der Waals surface area contributed by atoms with Crippen LogP contribution in [0.3, 0.4) is 0 Å². The van der Waals surface area contributed by atoms with Gasteiger partial charge in [0, 0.05) is 5.56 Å². The number of aromatic nitrogens is 3. The molecule has 146 valence electrons. The molecule has 0 saturated carbocycles. The maximum atomic E-state index is 5.43. The predicted octanol–water partition coefficient (Wildman–Crippen LogP) is 3.95. The number of hydrogen-bond acceptors (Lipinski definition) is 3. The lowest BCUT2D eigenvalue weighted by Crippen LogP contribution is -2.36. The smallest absolute Gasteiger partial charge is 0.198 e. The summed E-state index contributed by atoms with van der Waals surface area (Å²) in [7, 11) is 3.29. The van der Waals surface area contributed by atoms with E-state index in [-0.39, 0.29) is 0 Å². The fraction of sp³-hybridized carbons (Fsp3) is 0.167. The Morgan fingerprint density at radius 3 is 2.17 bits per heavy atom. The Morgan fingerprint density at radius 2 is 1.48 bits per heavy atom. The van der Waals surface area contributed by atoms with Gasteiger partial charge in [-0.15, -0.1) is 9.36 Å². The van der Waals surface area contributed by atoms with Crippen LogP contribution in [0.2, 0.25) is 0 Å². The van der Waals surface area contributed by atoms with Crippen LogP contribution in [0.25, 0.3) is 11.3 Å². The summed E-state index contributed by atoms with van der Waals surface area (Å²) in [4.78, 5) is 0. The van der Waals surface area contributed by atoms with E-state index < -0.39 is 0 Å². The Bertz CT molecular complexity index is 1080. The van der Waals surface area contributed by atoms with Gasteiger partial charge in [-0.3, -0.25) is 0 Å². The molecule has 4 rings (SSSR count). The van der Waals surface area contributed by atoms with Crippen LogP contribution in [0.1, 0.15) is 11.1 Å². The highest BCUT2D eigenvalue weighted by Crippen LogP contribution is 2.27. The first-order valence-electron chi connectivity index (χ1n) is 9.54. The molecule has 0 unspecified atom stereocenters. The predicted molar refractivity (Wildman–Crippen MR) is 112 cm³/mol. The quantitative estimate of drug-likeness (QED) is 0.452. The van der Waals surface area contributed by atoms with Crippen molar-refractivity contribution in [2.24, 2.45) is 0 Å². The van der Waals surface area contributed by atoms with Crippen molar-refractivity contribution >= 4 is 0 Å². The molecule has 0 aliphatic carbocycles. The van der Waals surface area contributed by atoms with Crippen molar-refractivity contribution in [2.45, 2.75) is 13.1 Å². The molecule has 0 bridgehead atoms. The first-order chi connectivity index (χ1) is 14.3. The SMILES string of the molecule is COc1ccc(C[n+]2cc(-c3ccccc3)n(Cc3ccccc3)n2)cc1OC. The molecule has 5 heteroatoms. The summed E-state index contributed by atoms with van der Waals surface area (Å²) in [6, 6.07) is 26.7. The second-order valence-corrected chi connectivity index (χ2v) is 6.80. The normalized spacial score (nSPS) is 10.7. The molecular formula is C24H24N3O2+. The van der Waals surface area contributed by atoms with Gasteiger partial charge in [0.05, 0.1) is 19.4 Å². The molecule has 1 aromatic heterocycles. The monoisotopic (exact) mass is 386 g/mol. The van der Waals surface area contributed by atoms with Crippen LogP contribution in [0.15, 0.2) is 85.1 Å². The first-order valence-corrected chi connectivity index (χ1v) is 9.54. The number of hydrogen-bond donors (Lipinski definition) is 0. The van der Waals surface area contributed by atoms with E-state index in [4.69, 9.17) is 14.7 Å². The lowest BCUT2D eigenvalue weighted by molar-refractivity contribution is -0.747. The Labute approximate surface area is 170 Å². The molecule has 0 aliphatic rings. The van der Waals surface area contributed by atoms with E-state index in [0.29, 0.717) is 13.1 Å². The number of nitrogens with zero attached hydrogens (tertiary/aromatic N) is 3. The van der Waals surface area contributed by atoms with E-state index in [2.05, 4.69) is 42.6 Å². The molecule has 0 radical (unpaired) electrons. The van der Waals surface area contributed by atoms with Crippen molar-refractivity contribution in [3.63, 3.8) is 0 Å².